The maximum atomic E-state index is 12.7. The Balaban J connectivity index is 5.24. The lowest BCUT2D eigenvalue weighted by molar-refractivity contribution is -0.343. The first-order valence-electron chi connectivity index (χ1n) is 4.12. The summed E-state index contributed by atoms with van der Waals surface area (Å²) in [6.07, 6.45) is -2.73. The van der Waals surface area contributed by atoms with Crippen LogP contribution >= 0.6 is 22.6 Å². The number of hydrogen-bond acceptors (Lipinski definition) is 1. The molecule has 0 heterocycles. The normalized spacial score (nSPS) is 15.2. The van der Waals surface area contributed by atoms with E-state index in [1.165, 1.54) is 0 Å². The van der Waals surface area contributed by atoms with Crippen LogP contribution in [0.3, 0.4) is 0 Å². The molecule has 0 atom stereocenters. The Labute approximate surface area is 104 Å². The van der Waals surface area contributed by atoms with Crippen LogP contribution in [0.2, 0.25) is 0 Å². The van der Waals surface area contributed by atoms with Crippen molar-refractivity contribution < 1.29 is 40.2 Å². The molecule has 0 aliphatic carbocycles. The molecule has 0 aromatic rings. The predicted octanol–water partition coefficient (Wildman–Crippen LogP) is 3.69. The zero-order valence-corrected chi connectivity index (χ0v) is 10.1. The van der Waals surface area contributed by atoms with Crippen LogP contribution in [-0.4, -0.2) is 33.4 Å². The standard InChI is InChI=1S/C7H7F8IO/c8-4(9,2-1-3-17)5(10,11)6(12,13)7(14,15)16/h17H,1-3H2. The van der Waals surface area contributed by atoms with Gasteiger partial charge in [-0.1, -0.05) is 0 Å². The van der Waals surface area contributed by atoms with Crippen molar-refractivity contribution in [1.82, 2.24) is 0 Å². The summed E-state index contributed by atoms with van der Waals surface area (Å²) in [5, 5.41) is 8.14. The molecule has 0 saturated heterocycles. The van der Waals surface area contributed by atoms with Gasteiger partial charge in [-0.2, -0.15) is 35.1 Å². The molecule has 1 N–H and O–H groups in total. The molecule has 0 saturated carbocycles. The summed E-state index contributed by atoms with van der Waals surface area (Å²) in [5.74, 6) is -17.7. The van der Waals surface area contributed by atoms with E-state index in [0.29, 0.717) is 0 Å². The van der Waals surface area contributed by atoms with Gasteiger partial charge in [0.2, 0.25) is 0 Å². The fourth-order valence-electron chi connectivity index (χ4n) is 0.866. The van der Waals surface area contributed by atoms with Crippen LogP contribution in [0.15, 0.2) is 0 Å². The number of aliphatic hydroxyl groups is 1. The summed E-state index contributed by atoms with van der Waals surface area (Å²) >= 11 is -0.324. The summed E-state index contributed by atoms with van der Waals surface area (Å²) < 4.78 is 95.2. The van der Waals surface area contributed by atoms with Crippen molar-refractivity contribution in [3.8, 4) is 0 Å². The lowest BCUT2D eigenvalue weighted by atomic mass is 10.0. The third-order valence-corrected chi connectivity index (χ3v) is 2.54. The van der Waals surface area contributed by atoms with E-state index in [2.05, 4.69) is 0 Å². The highest BCUT2D eigenvalue weighted by Crippen LogP contribution is 2.55. The lowest BCUT2D eigenvalue weighted by Gasteiger charge is -2.34. The molecule has 17 heavy (non-hydrogen) atoms. The number of alkyl halides is 9. The summed E-state index contributed by atoms with van der Waals surface area (Å²) in [4.78, 5) is 0. The highest BCUT2D eigenvalue weighted by atomic mass is 127. The summed E-state index contributed by atoms with van der Waals surface area (Å²) in [6, 6.07) is 0. The van der Waals surface area contributed by atoms with Crippen molar-refractivity contribution in [2.45, 2.75) is 34.5 Å². The molecule has 0 radical (unpaired) electrons. The predicted molar refractivity (Wildman–Crippen MR) is 50.1 cm³/mol. The molecule has 0 unspecified atom stereocenters. The van der Waals surface area contributed by atoms with E-state index < -0.39 is 41.1 Å². The van der Waals surface area contributed by atoms with E-state index in [9.17, 15) is 35.1 Å². The average molecular weight is 386 g/mol. The summed E-state index contributed by atoms with van der Waals surface area (Å²) in [5.41, 5.74) is 0. The largest absolute Gasteiger partial charge is 0.396 e. The fourth-order valence-corrected chi connectivity index (χ4v) is 1.20. The molecule has 0 aliphatic heterocycles. The van der Waals surface area contributed by atoms with Gasteiger partial charge in [0, 0.05) is 35.6 Å². The van der Waals surface area contributed by atoms with Crippen molar-refractivity contribution >= 4 is 22.6 Å². The quantitative estimate of drug-likeness (QED) is 0.420. The molecule has 104 valence electrons. The summed E-state index contributed by atoms with van der Waals surface area (Å²) in [7, 11) is 0. The zero-order chi connectivity index (χ0) is 14.1. The molecular weight excluding hydrogens is 379 g/mol. The van der Waals surface area contributed by atoms with E-state index in [4.69, 9.17) is 5.11 Å². The second-order valence-corrected chi connectivity index (χ2v) is 4.53. The first kappa shape index (κ1) is 17.1. The van der Waals surface area contributed by atoms with Crippen LogP contribution in [-0.2, 0) is 0 Å². The van der Waals surface area contributed by atoms with Crippen LogP contribution in [0.4, 0.5) is 35.1 Å². The van der Waals surface area contributed by atoms with Crippen molar-refractivity contribution in [1.29, 1.82) is 0 Å². The SMILES string of the molecule is OCCCC(F)(F)C(F)(F)C(F)(F)C(F)(F)I. The molecule has 0 fully saturated rings. The van der Waals surface area contributed by atoms with E-state index in [0.717, 1.165) is 0 Å². The van der Waals surface area contributed by atoms with Gasteiger partial charge in [0.25, 0.3) is 0 Å². The van der Waals surface area contributed by atoms with Gasteiger partial charge in [-0.25, -0.2) is 0 Å². The van der Waals surface area contributed by atoms with E-state index in [-0.39, 0.29) is 22.6 Å². The minimum Gasteiger partial charge on any atom is -0.396 e. The maximum absolute atomic E-state index is 12.7. The highest BCUT2D eigenvalue weighted by molar-refractivity contribution is 14.1. The monoisotopic (exact) mass is 386 g/mol. The molecule has 0 aliphatic rings. The third-order valence-electron chi connectivity index (χ3n) is 1.86. The molecule has 0 rings (SSSR count). The molecule has 0 aromatic carbocycles. The Morgan fingerprint density at radius 1 is 0.824 bits per heavy atom. The van der Waals surface area contributed by atoms with Gasteiger partial charge in [0.15, 0.2) is 0 Å². The summed E-state index contributed by atoms with van der Waals surface area (Å²) in [6.45, 7) is -0.947. The number of rotatable bonds is 6. The minimum absolute atomic E-state index is 0.324. The van der Waals surface area contributed by atoms with E-state index in [1.807, 2.05) is 0 Å². The van der Waals surface area contributed by atoms with Crippen LogP contribution in [0.5, 0.6) is 0 Å². The Hall–Kier alpha value is 0.130. The molecular formula is C7H7F8IO. The minimum atomic E-state index is -6.21. The number of halogens is 9. The number of aliphatic hydroxyl groups excluding tert-OH is 1. The van der Waals surface area contributed by atoms with Crippen molar-refractivity contribution in [3.63, 3.8) is 0 Å². The average Bonchev–Trinajstić information content (AvgIpc) is 2.12. The van der Waals surface area contributed by atoms with Crippen LogP contribution in [0, 0.1) is 0 Å². The lowest BCUT2D eigenvalue weighted by Crippen LogP contribution is -2.60. The maximum Gasteiger partial charge on any atom is 0.387 e. The fraction of sp³-hybridized carbons (Fsp3) is 1.00. The molecule has 0 amide bonds. The van der Waals surface area contributed by atoms with Gasteiger partial charge in [-0.05, 0) is 6.42 Å². The van der Waals surface area contributed by atoms with Crippen LogP contribution in [0.25, 0.3) is 0 Å². The third kappa shape index (κ3) is 3.12. The number of hydrogen-bond donors (Lipinski definition) is 1. The molecule has 1 nitrogen and oxygen atoms in total. The van der Waals surface area contributed by atoms with Crippen molar-refractivity contribution in [2.24, 2.45) is 0 Å². The van der Waals surface area contributed by atoms with Gasteiger partial charge >= 0.3 is 21.7 Å². The Morgan fingerprint density at radius 2 is 1.24 bits per heavy atom. The molecule has 0 spiro atoms. The van der Waals surface area contributed by atoms with Gasteiger partial charge in [-0.3, -0.25) is 0 Å². The second-order valence-electron chi connectivity index (χ2n) is 3.18. The van der Waals surface area contributed by atoms with Gasteiger partial charge in [-0.15, -0.1) is 0 Å². The molecule has 10 heteroatoms. The van der Waals surface area contributed by atoms with Crippen molar-refractivity contribution in [3.05, 3.63) is 0 Å². The van der Waals surface area contributed by atoms with Gasteiger partial charge in [0.1, 0.15) is 0 Å². The van der Waals surface area contributed by atoms with E-state index >= 15 is 0 Å². The van der Waals surface area contributed by atoms with Gasteiger partial charge < -0.3 is 5.11 Å². The van der Waals surface area contributed by atoms with Crippen molar-refractivity contribution in [2.75, 3.05) is 6.61 Å². The Morgan fingerprint density at radius 3 is 1.53 bits per heavy atom. The zero-order valence-electron chi connectivity index (χ0n) is 7.97. The highest BCUT2D eigenvalue weighted by Gasteiger charge is 2.79. The Kier molecular flexibility index (Phi) is 5.05. The molecule has 0 bridgehead atoms. The van der Waals surface area contributed by atoms with Crippen LogP contribution < -0.4 is 0 Å². The topological polar surface area (TPSA) is 20.2 Å². The smallest absolute Gasteiger partial charge is 0.387 e. The van der Waals surface area contributed by atoms with Crippen LogP contribution in [0.1, 0.15) is 12.8 Å². The second kappa shape index (κ2) is 5.02. The first-order valence-corrected chi connectivity index (χ1v) is 5.20. The van der Waals surface area contributed by atoms with Gasteiger partial charge in [0.05, 0.1) is 0 Å². The molecule has 0 aromatic heterocycles. The Bertz CT molecular complexity index is 261. The first-order chi connectivity index (χ1) is 7.31. The van der Waals surface area contributed by atoms with E-state index in [1.54, 1.807) is 0 Å².